The van der Waals surface area contributed by atoms with Gasteiger partial charge in [-0.15, -0.1) is 0 Å². The third-order valence-electron chi connectivity index (χ3n) is 4.88. The quantitative estimate of drug-likeness (QED) is 0.165. The van der Waals surface area contributed by atoms with Gasteiger partial charge in [0.05, 0.1) is 17.0 Å². The summed E-state index contributed by atoms with van der Waals surface area (Å²) in [6, 6.07) is 10.5. The number of aromatic amines is 1. The summed E-state index contributed by atoms with van der Waals surface area (Å²) < 4.78 is 56.1. The van der Waals surface area contributed by atoms with Gasteiger partial charge in [0, 0.05) is 38.4 Å². The predicted octanol–water partition coefficient (Wildman–Crippen LogP) is 5.57. The van der Waals surface area contributed by atoms with Crippen molar-refractivity contribution in [3.05, 3.63) is 82.6 Å². The molecule has 0 amide bonds. The summed E-state index contributed by atoms with van der Waals surface area (Å²) in [5, 5.41) is 0.924. The second-order valence-corrected chi connectivity index (χ2v) is 10.4. The highest BCUT2D eigenvalue weighted by Gasteiger charge is 2.26. The highest BCUT2D eigenvalue weighted by molar-refractivity contribution is 14.1. The number of alkyl halides is 1. The molecule has 0 spiro atoms. The molecular formula is C22H15ClF2IN3O3S. The van der Waals surface area contributed by atoms with Crippen LogP contribution in [-0.4, -0.2) is 34.3 Å². The fourth-order valence-corrected chi connectivity index (χ4v) is 5.95. The molecule has 0 aliphatic carbocycles. The van der Waals surface area contributed by atoms with Crippen LogP contribution in [0.3, 0.4) is 0 Å². The maximum Gasteiger partial charge on any atom is 0.233 e. The van der Waals surface area contributed by atoms with E-state index in [-0.39, 0.29) is 15.7 Å². The van der Waals surface area contributed by atoms with Crippen LogP contribution in [0.2, 0.25) is 5.02 Å². The first kappa shape index (κ1) is 23.6. The van der Waals surface area contributed by atoms with Crippen LogP contribution in [0.25, 0.3) is 22.2 Å². The number of nitrogens with zero attached hydrogens (tertiary/aromatic N) is 1. The summed E-state index contributed by atoms with van der Waals surface area (Å²) in [6.45, 7) is 0. The zero-order valence-corrected chi connectivity index (χ0v) is 20.4. The number of anilines is 1. The van der Waals surface area contributed by atoms with Crippen LogP contribution in [0.4, 0.5) is 14.5 Å². The van der Waals surface area contributed by atoms with Gasteiger partial charge in [0.2, 0.25) is 15.8 Å². The topological polar surface area (TPSA) is 91.9 Å². The monoisotopic (exact) mass is 601 g/mol. The lowest BCUT2D eigenvalue weighted by molar-refractivity contribution is 0.103. The second kappa shape index (κ2) is 9.35. The second-order valence-electron chi connectivity index (χ2n) is 7.05. The number of pyridine rings is 1. The number of sulfonamides is 1. The molecule has 2 N–H and O–H groups in total. The highest BCUT2D eigenvalue weighted by Crippen LogP contribution is 2.30. The van der Waals surface area contributed by atoms with Crippen molar-refractivity contribution in [3.8, 4) is 11.1 Å². The van der Waals surface area contributed by atoms with Crippen LogP contribution in [0.15, 0.2) is 54.9 Å². The molecular weight excluding hydrogens is 587 g/mol. The Morgan fingerprint density at radius 3 is 2.55 bits per heavy atom. The van der Waals surface area contributed by atoms with E-state index in [9.17, 15) is 17.6 Å². The van der Waals surface area contributed by atoms with Crippen LogP contribution >= 0.6 is 34.2 Å². The minimum Gasteiger partial charge on any atom is -0.345 e. The molecule has 0 fully saturated rings. The van der Waals surface area contributed by atoms with E-state index < -0.39 is 38.7 Å². The number of carbonyl (C=O) groups is 1. The fourth-order valence-electron chi connectivity index (χ4n) is 3.29. The zero-order valence-electron chi connectivity index (χ0n) is 16.7. The van der Waals surface area contributed by atoms with E-state index in [2.05, 4.69) is 14.7 Å². The normalized spacial score (nSPS) is 11.6. The third kappa shape index (κ3) is 4.87. The van der Waals surface area contributed by atoms with E-state index in [4.69, 9.17) is 11.6 Å². The van der Waals surface area contributed by atoms with Gasteiger partial charge in [-0.2, -0.15) is 0 Å². The molecule has 2 aromatic carbocycles. The standard InChI is InChI=1S/C22H15ClF2IN3O3S/c23-14-3-1-12(2-4-14)13-9-15-16(11-28-22(15)27-10-13)21(30)19-17(24)5-6-18(20(19)25)29-33(31,32)8-7-26/h1-6,9-11,29H,7-8H2,(H,27,28). The molecule has 4 rings (SSSR count). The molecule has 33 heavy (non-hydrogen) atoms. The first-order valence-electron chi connectivity index (χ1n) is 9.52. The van der Waals surface area contributed by atoms with E-state index in [0.29, 0.717) is 21.6 Å². The number of carbonyl (C=O) groups excluding carboxylic acids is 1. The SMILES string of the molecule is O=C(c1c(F)ccc(NS(=O)(=O)CCI)c1F)c1c[nH]c2ncc(-c3ccc(Cl)cc3)cc12. The van der Waals surface area contributed by atoms with Gasteiger partial charge in [0.15, 0.2) is 5.82 Å². The van der Waals surface area contributed by atoms with Crippen molar-refractivity contribution in [3.63, 3.8) is 0 Å². The molecule has 0 saturated heterocycles. The Labute approximate surface area is 206 Å². The van der Waals surface area contributed by atoms with Crippen molar-refractivity contribution in [2.45, 2.75) is 0 Å². The van der Waals surface area contributed by atoms with Crippen molar-refractivity contribution in [2.75, 3.05) is 14.9 Å². The van der Waals surface area contributed by atoms with Crippen molar-refractivity contribution in [1.82, 2.24) is 9.97 Å². The summed E-state index contributed by atoms with van der Waals surface area (Å²) in [5.74, 6) is -3.59. The van der Waals surface area contributed by atoms with E-state index >= 15 is 4.39 Å². The number of nitrogens with one attached hydrogen (secondary N) is 2. The molecule has 6 nitrogen and oxygen atoms in total. The number of halogens is 4. The molecule has 170 valence electrons. The Balaban J connectivity index is 1.78. The molecule has 0 atom stereocenters. The minimum absolute atomic E-state index is 0.00150. The van der Waals surface area contributed by atoms with Crippen molar-refractivity contribution < 1.29 is 22.0 Å². The van der Waals surface area contributed by atoms with Gasteiger partial charge in [0.1, 0.15) is 11.5 Å². The van der Waals surface area contributed by atoms with Crippen LogP contribution in [-0.2, 0) is 10.0 Å². The van der Waals surface area contributed by atoms with Crippen LogP contribution < -0.4 is 4.72 Å². The molecule has 0 unspecified atom stereocenters. The van der Waals surface area contributed by atoms with E-state index in [1.165, 1.54) is 6.20 Å². The van der Waals surface area contributed by atoms with Gasteiger partial charge in [0.25, 0.3) is 0 Å². The van der Waals surface area contributed by atoms with Crippen molar-refractivity contribution >= 4 is 66.7 Å². The van der Waals surface area contributed by atoms with Crippen molar-refractivity contribution in [2.24, 2.45) is 0 Å². The average molecular weight is 602 g/mol. The highest BCUT2D eigenvalue weighted by atomic mass is 127. The summed E-state index contributed by atoms with van der Waals surface area (Å²) in [5.41, 5.74) is 0.465. The molecule has 2 heterocycles. The van der Waals surface area contributed by atoms with Crippen LogP contribution in [0, 0.1) is 11.6 Å². The van der Waals surface area contributed by atoms with Crippen molar-refractivity contribution in [1.29, 1.82) is 0 Å². The van der Waals surface area contributed by atoms with Gasteiger partial charge >= 0.3 is 0 Å². The number of hydrogen-bond acceptors (Lipinski definition) is 4. The van der Waals surface area contributed by atoms with Gasteiger partial charge in [-0.05, 0) is 35.9 Å². The molecule has 0 aliphatic rings. The first-order chi connectivity index (χ1) is 15.7. The average Bonchev–Trinajstić information content (AvgIpc) is 3.19. The minimum atomic E-state index is -3.85. The van der Waals surface area contributed by atoms with Gasteiger partial charge in [-0.25, -0.2) is 22.2 Å². The molecule has 0 aliphatic heterocycles. The summed E-state index contributed by atoms with van der Waals surface area (Å²) in [7, 11) is -3.85. The largest absolute Gasteiger partial charge is 0.345 e. The molecule has 0 saturated carbocycles. The number of benzene rings is 2. The molecule has 11 heteroatoms. The Hall–Kier alpha value is -2.57. The maximum absolute atomic E-state index is 15.1. The lowest BCUT2D eigenvalue weighted by Crippen LogP contribution is -2.19. The van der Waals surface area contributed by atoms with Crippen LogP contribution in [0.1, 0.15) is 15.9 Å². The number of aromatic nitrogens is 2. The summed E-state index contributed by atoms with van der Waals surface area (Å²) >= 11 is 7.80. The number of rotatable bonds is 7. The maximum atomic E-state index is 15.1. The molecule has 0 radical (unpaired) electrons. The summed E-state index contributed by atoms with van der Waals surface area (Å²) in [6.07, 6.45) is 2.91. The summed E-state index contributed by atoms with van der Waals surface area (Å²) in [4.78, 5) is 20.3. The lowest BCUT2D eigenvalue weighted by Gasteiger charge is -2.11. The first-order valence-corrected chi connectivity index (χ1v) is 13.1. The van der Waals surface area contributed by atoms with Gasteiger partial charge in [-0.3, -0.25) is 9.52 Å². The molecule has 0 bridgehead atoms. The van der Waals surface area contributed by atoms with E-state index in [1.54, 1.807) is 36.5 Å². The Bertz CT molecular complexity index is 1470. The Morgan fingerprint density at radius 2 is 1.85 bits per heavy atom. The Morgan fingerprint density at radius 1 is 1.12 bits per heavy atom. The number of fused-ring (bicyclic) bond motifs is 1. The molecule has 2 aromatic heterocycles. The number of hydrogen-bond donors (Lipinski definition) is 2. The number of H-pyrrole nitrogens is 1. The smallest absolute Gasteiger partial charge is 0.233 e. The lowest BCUT2D eigenvalue weighted by atomic mass is 10.00. The zero-order chi connectivity index (χ0) is 23.8. The predicted molar refractivity (Wildman–Crippen MR) is 133 cm³/mol. The van der Waals surface area contributed by atoms with Gasteiger partial charge < -0.3 is 4.98 Å². The van der Waals surface area contributed by atoms with Crippen LogP contribution in [0.5, 0.6) is 0 Å². The van der Waals surface area contributed by atoms with E-state index in [0.717, 1.165) is 17.7 Å². The number of ketones is 1. The third-order valence-corrected chi connectivity index (χ3v) is 7.68. The molecule has 4 aromatic rings. The Kier molecular flexibility index (Phi) is 6.68. The van der Waals surface area contributed by atoms with E-state index in [1.807, 2.05) is 22.6 Å². The van der Waals surface area contributed by atoms with Gasteiger partial charge in [-0.1, -0.05) is 46.3 Å². The fraction of sp³-hybridized carbons (Fsp3) is 0.0909.